The van der Waals surface area contributed by atoms with Gasteiger partial charge in [-0.15, -0.1) is 0 Å². The molecule has 2 aromatic carbocycles. The number of anilines is 3. The molecule has 184 valence electrons. The molecule has 1 saturated heterocycles. The normalized spacial score (nSPS) is 15.8. The van der Waals surface area contributed by atoms with Crippen LogP contribution in [0.25, 0.3) is 0 Å². The second-order valence-electron chi connectivity index (χ2n) is 8.42. The van der Waals surface area contributed by atoms with E-state index < -0.39 is 15.9 Å². The first-order valence-corrected chi connectivity index (χ1v) is 12.4. The number of benzene rings is 2. The van der Waals surface area contributed by atoms with Crippen molar-refractivity contribution in [3.63, 3.8) is 0 Å². The fraction of sp³-hybridized carbons (Fsp3) is 0.292. The van der Waals surface area contributed by atoms with E-state index in [2.05, 4.69) is 15.2 Å². The molecule has 2 heterocycles. The number of methoxy groups -OCH3 is 1. The number of sulfonamides is 1. The summed E-state index contributed by atoms with van der Waals surface area (Å²) in [4.78, 5) is 27.1. The molecule has 2 N–H and O–H groups in total. The number of carbonyl (C=O) groups is 2. The smallest absolute Gasteiger partial charge is 0.264 e. The number of aryl methyl sites for hydroxylation is 2. The number of hydrogen-bond donors (Lipinski definition) is 2. The highest BCUT2D eigenvalue weighted by Crippen LogP contribution is 2.34. The fourth-order valence-electron chi connectivity index (χ4n) is 3.78. The maximum absolute atomic E-state index is 12.9. The quantitative estimate of drug-likeness (QED) is 0.510. The van der Waals surface area contributed by atoms with Gasteiger partial charge >= 0.3 is 0 Å². The van der Waals surface area contributed by atoms with E-state index in [9.17, 15) is 18.0 Å². The molecule has 35 heavy (non-hydrogen) atoms. The summed E-state index contributed by atoms with van der Waals surface area (Å²) in [5, 5.41) is 6.50. The Kier molecular flexibility index (Phi) is 6.53. The van der Waals surface area contributed by atoms with Crippen LogP contribution in [0.5, 0.6) is 5.75 Å². The van der Waals surface area contributed by atoms with Gasteiger partial charge < -0.3 is 19.5 Å². The van der Waals surface area contributed by atoms with Gasteiger partial charge in [0, 0.05) is 24.2 Å². The van der Waals surface area contributed by atoms with Crippen molar-refractivity contribution < 1.29 is 27.3 Å². The fourth-order valence-corrected chi connectivity index (χ4v) is 4.83. The third-order valence-corrected chi connectivity index (χ3v) is 7.28. The lowest BCUT2D eigenvalue weighted by molar-refractivity contribution is -0.122. The van der Waals surface area contributed by atoms with E-state index in [4.69, 9.17) is 9.26 Å². The number of amides is 2. The Hall–Kier alpha value is -3.86. The first-order chi connectivity index (χ1) is 16.6. The summed E-state index contributed by atoms with van der Waals surface area (Å²) in [6.45, 7) is 5.55. The van der Waals surface area contributed by atoms with Crippen molar-refractivity contribution in [2.45, 2.75) is 32.1 Å². The highest BCUT2D eigenvalue weighted by atomic mass is 32.2. The van der Waals surface area contributed by atoms with Gasteiger partial charge in [0.05, 0.1) is 29.3 Å². The Morgan fingerprint density at radius 2 is 1.86 bits per heavy atom. The van der Waals surface area contributed by atoms with Gasteiger partial charge in [0.2, 0.25) is 17.7 Å². The Labute approximate surface area is 203 Å². The van der Waals surface area contributed by atoms with Crippen LogP contribution in [0.3, 0.4) is 0 Å². The van der Waals surface area contributed by atoms with Gasteiger partial charge in [0.15, 0.2) is 0 Å². The zero-order valence-corrected chi connectivity index (χ0v) is 20.6. The average Bonchev–Trinajstić information content (AvgIpc) is 3.36. The molecule has 11 heteroatoms. The van der Waals surface area contributed by atoms with Crippen LogP contribution in [0.15, 0.2) is 51.9 Å². The lowest BCUT2D eigenvalue weighted by Crippen LogP contribution is -2.28. The Bertz CT molecular complexity index is 1380. The largest absolute Gasteiger partial charge is 0.495 e. The van der Waals surface area contributed by atoms with E-state index >= 15 is 0 Å². The second kappa shape index (κ2) is 9.41. The molecule has 0 saturated carbocycles. The third kappa shape index (κ3) is 4.99. The van der Waals surface area contributed by atoms with Crippen molar-refractivity contribution in [3.8, 4) is 5.75 Å². The minimum absolute atomic E-state index is 0.00212. The molecular formula is C24H26N4O6S. The predicted molar refractivity (Wildman–Crippen MR) is 130 cm³/mol. The van der Waals surface area contributed by atoms with Crippen molar-refractivity contribution in [2.24, 2.45) is 5.92 Å². The third-order valence-electron chi connectivity index (χ3n) is 5.94. The van der Waals surface area contributed by atoms with E-state index in [1.165, 1.54) is 31.4 Å². The number of aromatic nitrogens is 1. The van der Waals surface area contributed by atoms with E-state index in [1.807, 2.05) is 19.1 Å². The standard InChI is InChI=1S/C24H26N4O6S/c1-14-5-10-21(33-4)20(11-14)28-13-17(12-22(28)29)23(30)25-18-6-8-19(9-7-18)35(31,32)27-24-15(2)16(3)26-34-24/h5-11,17,27H,12-13H2,1-4H3,(H,25,30). The van der Waals surface area contributed by atoms with Gasteiger partial charge in [-0.2, -0.15) is 0 Å². The van der Waals surface area contributed by atoms with Gasteiger partial charge in [0.25, 0.3) is 10.0 Å². The van der Waals surface area contributed by atoms with Gasteiger partial charge in [0.1, 0.15) is 5.75 Å². The summed E-state index contributed by atoms with van der Waals surface area (Å²) < 4.78 is 38.1. The molecule has 4 rings (SSSR count). The molecule has 0 radical (unpaired) electrons. The van der Waals surface area contributed by atoms with Gasteiger partial charge in [-0.1, -0.05) is 11.2 Å². The second-order valence-corrected chi connectivity index (χ2v) is 10.1. The van der Waals surface area contributed by atoms with Crippen LogP contribution in [0.1, 0.15) is 23.2 Å². The van der Waals surface area contributed by atoms with E-state index in [-0.39, 0.29) is 35.6 Å². The highest BCUT2D eigenvalue weighted by molar-refractivity contribution is 7.92. The number of ether oxygens (including phenoxy) is 1. The Morgan fingerprint density at radius 3 is 2.49 bits per heavy atom. The number of nitrogens with zero attached hydrogens (tertiary/aromatic N) is 2. The molecule has 1 unspecified atom stereocenters. The summed E-state index contributed by atoms with van der Waals surface area (Å²) in [5.41, 5.74) is 3.21. The number of hydrogen-bond acceptors (Lipinski definition) is 7. The van der Waals surface area contributed by atoms with Crippen LogP contribution in [-0.4, -0.2) is 39.0 Å². The lowest BCUT2D eigenvalue weighted by Gasteiger charge is -2.20. The first kappa shape index (κ1) is 24.3. The number of nitrogens with one attached hydrogen (secondary N) is 2. The molecule has 0 spiro atoms. The lowest BCUT2D eigenvalue weighted by atomic mass is 10.1. The molecule has 1 aliphatic rings. The average molecular weight is 499 g/mol. The van der Waals surface area contributed by atoms with Gasteiger partial charge in [-0.3, -0.25) is 9.59 Å². The van der Waals surface area contributed by atoms with Gasteiger partial charge in [-0.25, -0.2) is 13.1 Å². The number of rotatable bonds is 7. The zero-order chi connectivity index (χ0) is 25.3. The van der Waals surface area contributed by atoms with Crippen LogP contribution in [0.4, 0.5) is 17.3 Å². The van der Waals surface area contributed by atoms with Gasteiger partial charge in [-0.05, 0) is 62.7 Å². The molecule has 1 aromatic heterocycles. The topological polar surface area (TPSA) is 131 Å². The molecular weight excluding hydrogens is 472 g/mol. The maximum atomic E-state index is 12.9. The molecule has 0 aliphatic carbocycles. The van der Waals surface area contributed by atoms with E-state index in [0.717, 1.165) is 5.56 Å². The summed E-state index contributed by atoms with van der Waals surface area (Å²) in [6, 6.07) is 11.3. The van der Waals surface area contributed by atoms with Crippen molar-refractivity contribution >= 4 is 39.1 Å². The molecule has 1 fully saturated rings. The summed E-state index contributed by atoms with van der Waals surface area (Å²) >= 11 is 0. The van der Waals surface area contributed by atoms with Crippen LogP contribution < -0.4 is 19.7 Å². The molecule has 1 atom stereocenters. The van der Waals surface area contributed by atoms with E-state index in [1.54, 1.807) is 24.8 Å². The van der Waals surface area contributed by atoms with Crippen molar-refractivity contribution in [3.05, 3.63) is 59.3 Å². The SMILES string of the molecule is COc1ccc(C)cc1N1CC(C(=O)Nc2ccc(S(=O)(=O)Nc3onc(C)c3C)cc2)CC1=O. The monoisotopic (exact) mass is 498 g/mol. The minimum atomic E-state index is -3.90. The minimum Gasteiger partial charge on any atom is -0.495 e. The number of carbonyl (C=O) groups excluding carboxylic acids is 2. The summed E-state index contributed by atoms with van der Waals surface area (Å²) in [5.74, 6) is -0.435. The zero-order valence-electron chi connectivity index (χ0n) is 19.8. The molecule has 1 aliphatic heterocycles. The predicted octanol–water partition coefficient (Wildman–Crippen LogP) is 3.40. The maximum Gasteiger partial charge on any atom is 0.264 e. The molecule has 0 bridgehead atoms. The van der Waals surface area contributed by atoms with Crippen LogP contribution in [0, 0.1) is 26.7 Å². The van der Waals surface area contributed by atoms with Crippen LogP contribution in [0.2, 0.25) is 0 Å². The Morgan fingerprint density at radius 1 is 1.14 bits per heavy atom. The van der Waals surface area contributed by atoms with Crippen LogP contribution in [-0.2, 0) is 19.6 Å². The summed E-state index contributed by atoms with van der Waals surface area (Å²) in [6.07, 6.45) is 0.0647. The molecule has 10 nitrogen and oxygen atoms in total. The van der Waals surface area contributed by atoms with Crippen molar-refractivity contribution in [1.29, 1.82) is 0 Å². The van der Waals surface area contributed by atoms with Crippen molar-refractivity contribution in [2.75, 3.05) is 28.6 Å². The molecule has 2 amide bonds. The summed E-state index contributed by atoms with van der Waals surface area (Å²) in [7, 11) is -2.36. The molecule has 3 aromatic rings. The highest BCUT2D eigenvalue weighted by Gasteiger charge is 2.36. The van der Waals surface area contributed by atoms with E-state index in [0.29, 0.717) is 28.4 Å². The van der Waals surface area contributed by atoms with Crippen molar-refractivity contribution in [1.82, 2.24) is 5.16 Å². The Balaban J connectivity index is 1.43. The van der Waals surface area contributed by atoms with Crippen LogP contribution >= 0.6 is 0 Å². The first-order valence-electron chi connectivity index (χ1n) is 10.9.